The molecule has 0 aliphatic heterocycles. The lowest BCUT2D eigenvalue weighted by Crippen LogP contribution is -2.21. The highest BCUT2D eigenvalue weighted by Gasteiger charge is 2.04. The number of rotatable bonds is 7. The Kier molecular flexibility index (Phi) is 19.4. The third-order valence-corrected chi connectivity index (χ3v) is 3.46. The van der Waals surface area contributed by atoms with Crippen LogP contribution in [0.15, 0.2) is 0 Å². The van der Waals surface area contributed by atoms with Crippen molar-refractivity contribution in [3.63, 3.8) is 0 Å². The molecule has 86 valence electrons. The molecule has 0 amide bonds. The van der Waals surface area contributed by atoms with Crippen LogP contribution in [0.3, 0.4) is 0 Å². The molecule has 0 saturated carbocycles. The van der Waals surface area contributed by atoms with Gasteiger partial charge in [0.25, 0.3) is 0 Å². The summed E-state index contributed by atoms with van der Waals surface area (Å²) in [6.07, 6.45) is 0. The Bertz CT molecular complexity index is 84.6. The Balaban J connectivity index is 0. The summed E-state index contributed by atoms with van der Waals surface area (Å²) in [7, 11) is 3.05. The van der Waals surface area contributed by atoms with Gasteiger partial charge in [-0.3, -0.25) is 0 Å². The molecule has 0 bridgehead atoms. The van der Waals surface area contributed by atoms with Crippen molar-refractivity contribution in [1.29, 1.82) is 0 Å². The summed E-state index contributed by atoms with van der Waals surface area (Å²) in [5, 5.41) is 0. The van der Waals surface area contributed by atoms with Crippen LogP contribution < -0.4 is 0 Å². The molecule has 5 nitrogen and oxygen atoms in total. The smallest absolute Gasteiger partial charge is 0.481 e. The van der Waals surface area contributed by atoms with Gasteiger partial charge in [0.15, 0.2) is 0 Å². The average Bonchev–Trinajstić information content (AvgIpc) is 2.22. The summed E-state index contributed by atoms with van der Waals surface area (Å²) in [6, 6.07) is 0. The number of hydrogen-bond donors (Lipinski definition) is 0. The highest BCUT2D eigenvalue weighted by atomic mass is 28.3. The molecule has 0 aromatic carbocycles. The van der Waals surface area contributed by atoms with Crippen molar-refractivity contribution in [2.75, 3.05) is 34.5 Å². The second-order valence-corrected chi connectivity index (χ2v) is 5.14. The van der Waals surface area contributed by atoms with Gasteiger partial charge in [-0.1, -0.05) is 0 Å². The quantitative estimate of drug-likeness (QED) is 0.462. The molecule has 0 aromatic rings. The van der Waals surface area contributed by atoms with E-state index in [0.29, 0.717) is 0 Å². The van der Waals surface area contributed by atoms with Crippen molar-refractivity contribution < 1.29 is 20.9 Å². The first-order chi connectivity index (χ1) is 6.76. The molecule has 0 aromatic heterocycles. The normalized spacial score (nSPS) is 9.57. The maximum atomic E-state index is 4.99. The van der Waals surface area contributed by atoms with Crippen molar-refractivity contribution in [3.8, 4) is 0 Å². The molecule has 0 rings (SSSR count). The van der Waals surface area contributed by atoms with E-state index in [1.165, 1.54) is 0 Å². The first-order valence-electron chi connectivity index (χ1n) is 4.50. The largest absolute Gasteiger partial charge is 0.649 e. The lowest BCUT2D eigenvalue weighted by molar-refractivity contribution is 0.163. The average molecular weight is 240 g/mol. The zero-order chi connectivity index (χ0) is 11.2. The molecule has 0 fully saturated rings. The van der Waals surface area contributed by atoms with E-state index >= 15 is 0 Å². The Morgan fingerprint density at radius 3 is 1.36 bits per heavy atom. The van der Waals surface area contributed by atoms with E-state index in [2.05, 4.69) is 0 Å². The monoisotopic (exact) mass is 240 g/mol. The molecule has 0 heterocycles. The van der Waals surface area contributed by atoms with E-state index in [-0.39, 0.29) is 0 Å². The molecule has 14 heavy (non-hydrogen) atoms. The van der Waals surface area contributed by atoms with Crippen molar-refractivity contribution in [1.82, 2.24) is 0 Å². The van der Waals surface area contributed by atoms with Gasteiger partial charge in [0.05, 0.1) is 0 Å². The molecule has 0 aliphatic carbocycles. The third-order valence-electron chi connectivity index (χ3n) is 1.15. The van der Waals surface area contributed by atoms with E-state index in [4.69, 9.17) is 20.9 Å². The number of hydrogen-bond acceptors (Lipinski definition) is 5. The summed E-state index contributed by atoms with van der Waals surface area (Å²) in [5.74, 6) is 0. The maximum Gasteiger partial charge on any atom is 0.649 e. The second-order valence-electron chi connectivity index (χ2n) is 2.10. The van der Waals surface area contributed by atoms with Gasteiger partial charge >= 0.3 is 25.4 Å². The fraction of sp³-hybridized carbons (Fsp3) is 1.00. The minimum absolute atomic E-state index is 0.589. The molecular formula is C7H21AlO5Si. The van der Waals surface area contributed by atoms with Crippen molar-refractivity contribution >= 4 is 25.4 Å². The van der Waals surface area contributed by atoms with E-state index < -0.39 is 25.4 Å². The van der Waals surface area contributed by atoms with Crippen molar-refractivity contribution in [2.24, 2.45) is 0 Å². The molecule has 0 spiro atoms. The fourth-order valence-electron chi connectivity index (χ4n) is 0.514. The van der Waals surface area contributed by atoms with Gasteiger partial charge in [-0.15, -0.1) is 0 Å². The Morgan fingerprint density at radius 2 is 1.21 bits per heavy atom. The van der Waals surface area contributed by atoms with Crippen molar-refractivity contribution in [3.05, 3.63) is 0 Å². The van der Waals surface area contributed by atoms with Gasteiger partial charge in [-0.2, -0.15) is 0 Å². The molecule has 0 saturated heterocycles. The lowest BCUT2D eigenvalue weighted by atomic mass is 10.9. The molecule has 0 aliphatic rings. The first-order valence-corrected chi connectivity index (χ1v) is 7.07. The van der Waals surface area contributed by atoms with Crippen LogP contribution >= 0.6 is 0 Å². The van der Waals surface area contributed by atoms with Gasteiger partial charge in [-0.05, 0) is 13.8 Å². The minimum atomic E-state index is -1.67. The van der Waals surface area contributed by atoms with Gasteiger partial charge in [-0.25, -0.2) is 0 Å². The molecule has 0 N–H and O–H groups in total. The Morgan fingerprint density at radius 1 is 0.857 bits per heavy atom. The van der Waals surface area contributed by atoms with Crippen LogP contribution in [0.4, 0.5) is 0 Å². The molecule has 0 radical (unpaired) electrons. The molecule has 0 unspecified atom stereocenters. The van der Waals surface area contributed by atoms with Crippen molar-refractivity contribution in [2.45, 2.75) is 13.8 Å². The topological polar surface area (TPSA) is 46.2 Å². The molecular weight excluding hydrogens is 219 g/mol. The summed E-state index contributed by atoms with van der Waals surface area (Å²) in [5.41, 5.74) is 0. The van der Waals surface area contributed by atoms with E-state index in [1.807, 2.05) is 13.8 Å². The van der Waals surface area contributed by atoms with Crippen LogP contribution in [0.2, 0.25) is 0 Å². The van der Waals surface area contributed by atoms with Gasteiger partial charge in [0.1, 0.15) is 0 Å². The van der Waals surface area contributed by atoms with Crippen LogP contribution in [0.1, 0.15) is 13.8 Å². The molecule has 7 heteroatoms. The standard InChI is InChI=1S/C3H10O3Si.2C2H5O.Al.H/c1-4-7(5-2)6-3;2*1-2-3;;/h7H,1-3H3;2*2H2,1H3;;/q;2*-1;+2;. The zero-order valence-electron chi connectivity index (χ0n) is 9.74. The first kappa shape index (κ1) is 17.0. The second kappa shape index (κ2) is 16.0. The molecule has 0 atom stereocenters. The zero-order valence-corrected chi connectivity index (χ0v) is 12.3. The van der Waals surface area contributed by atoms with E-state index in [9.17, 15) is 0 Å². The highest BCUT2D eigenvalue weighted by molar-refractivity contribution is 6.36. The fourth-order valence-corrected chi connectivity index (χ4v) is 1.54. The van der Waals surface area contributed by atoms with Crippen LogP contribution in [0.5, 0.6) is 0 Å². The van der Waals surface area contributed by atoms with E-state index in [1.54, 1.807) is 21.3 Å². The summed E-state index contributed by atoms with van der Waals surface area (Å²) >= 11 is -0.589. The predicted octanol–water partition coefficient (Wildman–Crippen LogP) is -0.0313. The highest BCUT2D eigenvalue weighted by Crippen LogP contribution is 1.81. The SMILES string of the molecule is CC[O][AlH][O]CC.CO[SiH](OC)OC. The summed E-state index contributed by atoms with van der Waals surface area (Å²) in [6.45, 7) is 5.55. The lowest BCUT2D eigenvalue weighted by Gasteiger charge is -2.05. The Hall–Kier alpha value is 0.549. The van der Waals surface area contributed by atoms with Gasteiger partial charge in [0.2, 0.25) is 0 Å². The van der Waals surface area contributed by atoms with Crippen LogP contribution in [0.25, 0.3) is 0 Å². The van der Waals surface area contributed by atoms with Crippen LogP contribution in [-0.2, 0) is 20.9 Å². The summed E-state index contributed by atoms with van der Waals surface area (Å²) in [4.78, 5) is 0. The third kappa shape index (κ3) is 15.0. The maximum absolute atomic E-state index is 4.99. The van der Waals surface area contributed by atoms with Crippen LogP contribution in [0, 0.1) is 0 Å². The van der Waals surface area contributed by atoms with Gasteiger partial charge < -0.3 is 20.9 Å². The summed E-state index contributed by atoms with van der Waals surface area (Å²) < 4.78 is 24.2. The predicted molar refractivity (Wildman–Crippen MR) is 58.6 cm³/mol. The van der Waals surface area contributed by atoms with Gasteiger partial charge in [0, 0.05) is 34.5 Å². The van der Waals surface area contributed by atoms with Crippen LogP contribution in [-0.4, -0.2) is 60.0 Å². The van der Waals surface area contributed by atoms with E-state index in [0.717, 1.165) is 13.2 Å². The Labute approximate surface area is 95.0 Å². The minimum Gasteiger partial charge on any atom is -0.481 e.